The molecule has 0 unspecified atom stereocenters. The number of carbonyl (C=O) groups is 4. The molecule has 0 atom stereocenters. The van der Waals surface area contributed by atoms with Crippen LogP contribution in [-0.2, 0) is 0 Å². The summed E-state index contributed by atoms with van der Waals surface area (Å²) in [4.78, 5) is 52.8. The van der Waals surface area contributed by atoms with E-state index in [9.17, 15) is 19.2 Å². The van der Waals surface area contributed by atoms with Crippen LogP contribution in [0.4, 0.5) is 11.4 Å². The van der Waals surface area contributed by atoms with Crippen LogP contribution < -0.4 is 9.80 Å². The highest BCUT2D eigenvalue weighted by molar-refractivity contribution is 6.38. The van der Waals surface area contributed by atoms with Crippen molar-refractivity contribution in [1.82, 2.24) is 0 Å². The average molecular weight is 437 g/mol. The molecule has 146 valence electrons. The second-order valence-corrected chi connectivity index (χ2v) is 7.66. The minimum Gasteiger partial charge on any atom is -0.268 e. The Balaban J connectivity index is 1.48. The van der Waals surface area contributed by atoms with Gasteiger partial charge in [0.1, 0.15) is 0 Å². The number of rotatable bonds is 2. The van der Waals surface area contributed by atoms with Crippen LogP contribution in [0.1, 0.15) is 41.4 Å². The van der Waals surface area contributed by atoms with E-state index in [2.05, 4.69) is 0 Å². The van der Waals surface area contributed by atoms with Crippen LogP contribution in [0.5, 0.6) is 0 Å². The van der Waals surface area contributed by atoms with Crippen LogP contribution in [0.15, 0.2) is 60.7 Å². The van der Waals surface area contributed by atoms with E-state index in [1.165, 1.54) is 48.5 Å². The lowest BCUT2D eigenvalue weighted by Crippen LogP contribution is -2.30. The van der Waals surface area contributed by atoms with Crippen LogP contribution in [0.3, 0.4) is 0 Å². The highest BCUT2D eigenvalue weighted by Crippen LogP contribution is 2.34. The van der Waals surface area contributed by atoms with Gasteiger partial charge in [-0.2, -0.15) is 0 Å². The van der Waals surface area contributed by atoms with Gasteiger partial charge in [-0.25, -0.2) is 9.80 Å². The number of fused-ring (bicyclic) bond motifs is 2. The van der Waals surface area contributed by atoms with Crippen molar-refractivity contribution in [2.24, 2.45) is 0 Å². The Labute approximate surface area is 180 Å². The van der Waals surface area contributed by atoms with Crippen molar-refractivity contribution in [3.8, 4) is 0 Å². The van der Waals surface area contributed by atoms with Crippen molar-refractivity contribution in [3.05, 3.63) is 93.0 Å². The number of hydrogen-bond donors (Lipinski definition) is 0. The van der Waals surface area contributed by atoms with E-state index in [0.29, 0.717) is 21.4 Å². The zero-order chi connectivity index (χ0) is 21.2. The topological polar surface area (TPSA) is 74.8 Å². The lowest BCUT2D eigenvalue weighted by atomic mass is 10.1. The van der Waals surface area contributed by atoms with Gasteiger partial charge in [-0.1, -0.05) is 23.2 Å². The molecule has 2 aliphatic heterocycles. The summed E-state index contributed by atoms with van der Waals surface area (Å²) in [6.45, 7) is 0. The van der Waals surface area contributed by atoms with Crippen LogP contribution in [0.25, 0.3) is 0 Å². The molecule has 0 aromatic heterocycles. The van der Waals surface area contributed by atoms with Gasteiger partial charge in [-0.3, -0.25) is 19.2 Å². The molecule has 0 fully saturated rings. The van der Waals surface area contributed by atoms with E-state index in [1.807, 2.05) is 0 Å². The van der Waals surface area contributed by atoms with Gasteiger partial charge in [-0.05, 0) is 60.7 Å². The SMILES string of the molecule is O=C1c2ccc(Cl)cc2C(=O)N1c1ccc(N2C(=O)c3ccc(Cl)cc3C2=O)cc1. The molecule has 0 N–H and O–H groups in total. The summed E-state index contributed by atoms with van der Waals surface area (Å²) >= 11 is 11.9. The fraction of sp³-hybridized carbons (Fsp3) is 0. The molecule has 0 radical (unpaired) electrons. The van der Waals surface area contributed by atoms with Crippen LogP contribution in [0.2, 0.25) is 10.0 Å². The molecule has 4 amide bonds. The molecular weight excluding hydrogens is 427 g/mol. The quantitative estimate of drug-likeness (QED) is 0.550. The zero-order valence-electron chi connectivity index (χ0n) is 15.1. The fourth-order valence-corrected chi connectivity index (χ4v) is 3.99. The van der Waals surface area contributed by atoms with Crippen LogP contribution in [0, 0.1) is 0 Å². The van der Waals surface area contributed by atoms with E-state index in [4.69, 9.17) is 23.2 Å². The molecule has 3 aromatic carbocycles. The van der Waals surface area contributed by atoms with E-state index in [0.717, 1.165) is 9.80 Å². The number of anilines is 2. The third-order valence-electron chi connectivity index (χ3n) is 5.06. The summed E-state index contributed by atoms with van der Waals surface area (Å²) in [5.41, 5.74) is 1.64. The lowest BCUT2D eigenvalue weighted by Gasteiger charge is -2.17. The predicted molar refractivity (Wildman–Crippen MR) is 112 cm³/mol. The first-order chi connectivity index (χ1) is 14.4. The first kappa shape index (κ1) is 18.5. The van der Waals surface area contributed by atoms with Crippen molar-refractivity contribution in [2.75, 3.05) is 9.80 Å². The Hall–Kier alpha value is -3.48. The molecule has 5 rings (SSSR count). The van der Waals surface area contributed by atoms with Crippen molar-refractivity contribution in [1.29, 1.82) is 0 Å². The maximum Gasteiger partial charge on any atom is 0.266 e. The van der Waals surface area contributed by atoms with Crippen molar-refractivity contribution in [2.45, 2.75) is 0 Å². The third kappa shape index (κ3) is 2.58. The van der Waals surface area contributed by atoms with Crippen LogP contribution >= 0.6 is 23.2 Å². The Morgan fingerprint density at radius 1 is 0.467 bits per heavy atom. The number of carbonyl (C=O) groups excluding carboxylic acids is 4. The van der Waals surface area contributed by atoms with Gasteiger partial charge in [0.25, 0.3) is 23.6 Å². The summed E-state index contributed by atoms with van der Waals surface area (Å²) < 4.78 is 0. The zero-order valence-corrected chi connectivity index (χ0v) is 16.6. The second kappa shape index (κ2) is 6.52. The summed E-state index contributed by atoms with van der Waals surface area (Å²) in [5.74, 6) is -1.90. The van der Waals surface area contributed by atoms with Crippen LogP contribution in [-0.4, -0.2) is 23.6 Å². The molecule has 0 spiro atoms. The van der Waals surface area contributed by atoms with E-state index in [1.54, 1.807) is 12.1 Å². The molecule has 30 heavy (non-hydrogen) atoms. The van der Waals surface area contributed by atoms with Gasteiger partial charge < -0.3 is 0 Å². The largest absolute Gasteiger partial charge is 0.268 e. The minimum absolute atomic E-state index is 0.230. The first-order valence-corrected chi connectivity index (χ1v) is 9.59. The summed E-state index contributed by atoms with van der Waals surface area (Å²) in [6, 6.07) is 15.1. The minimum atomic E-state index is -0.486. The highest BCUT2D eigenvalue weighted by Gasteiger charge is 2.38. The average Bonchev–Trinajstić information content (AvgIpc) is 3.12. The molecule has 2 aliphatic rings. The van der Waals surface area contributed by atoms with E-state index < -0.39 is 23.6 Å². The van der Waals surface area contributed by atoms with Crippen molar-refractivity contribution >= 4 is 58.2 Å². The molecule has 8 heteroatoms. The first-order valence-electron chi connectivity index (χ1n) is 8.83. The maximum absolute atomic E-state index is 12.7. The predicted octanol–water partition coefficient (Wildman–Crippen LogP) is 4.59. The maximum atomic E-state index is 12.7. The number of hydrogen-bond acceptors (Lipinski definition) is 4. The molecule has 0 aliphatic carbocycles. The van der Waals surface area contributed by atoms with Crippen molar-refractivity contribution < 1.29 is 19.2 Å². The molecule has 6 nitrogen and oxygen atoms in total. The Bertz CT molecular complexity index is 1200. The summed E-state index contributed by atoms with van der Waals surface area (Å²) in [7, 11) is 0. The highest BCUT2D eigenvalue weighted by atomic mass is 35.5. The standard InChI is InChI=1S/C22H10Cl2N2O4/c23-11-1-7-15-17(9-11)21(29)25(19(15)27)13-3-5-14(6-4-13)26-20(28)16-8-2-12(24)10-18(16)22(26)30/h1-10H. The molecule has 0 bridgehead atoms. The molecule has 0 saturated heterocycles. The second-order valence-electron chi connectivity index (χ2n) is 6.79. The number of nitrogens with zero attached hydrogens (tertiary/aromatic N) is 2. The summed E-state index contributed by atoms with van der Waals surface area (Å²) in [6.07, 6.45) is 0. The molecular formula is C22H10Cl2N2O4. The number of amides is 4. The van der Waals surface area contributed by atoms with Gasteiger partial charge in [0.2, 0.25) is 0 Å². The van der Waals surface area contributed by atoms with Gasteiger partial charge in [0.05, 0.1) is 33.6 Å². The van der Waals surface area contributed by atoms with Gasteiger partial charge in [0.15, 0.2) is 0 Å². The molecule has 0 saturated carbocycles. The molecule has 3 aromatic rings. The normalized spacial score (nSPS) is 15.1. The van der Waals surface area contributed by atoms with Gasteiger partial charge >= 0.3 is 0 Å². The summed E-state index contributed by atoms with van der Waals surface area (Å²) in [5, 5.41) is 0.718. The van der Waals surface area contributed by atoms with E-state index in [-0.39, 0.29) is 22.3 Å². The molecule has 2 heterocycles. The van der Waals surface area contributed by atoms with Gasteiger partial charge in [-0.15, -0.1) is 0 Å². The monoisotopic (exact) mass is 436 g/mol. The Morgan fingerprint density at radius 2 is 0.800 bits per heavy atom. The lowest BCUT2D eigenvalue weighted by molar-refractivity contribution is 0.0909. The Kier molecular flexibility index (Phi) is 4.03. The number of imide groups is 2. The van der Waals surface area contributed by atoms with E-state index >= 15 is 0 Å². The third-order valence-corrected chi connectivity index (χ3v) is 5.53. The van der Waals surface area contributed by atoms with Gasteiger partial charge in [0, 0.05) is 10.0 Å². The smallest absolute Gasteiger partial charge is 0.266 e. The number of benzene rings is 3. The number of halogens is 2. The van der Waals surface area contributed by atoms with Crippen molar-refractivity contribution in [3.63, 3.8) is 0 Å². The Morgan fingerprint density at radius 3 is 1.17 bits per heavy atom. The fourth-order valence-electron chi connectivity index (χ4n) is 3.65.